The number of fused-ring (bicyclic) bond motifs is 2. The van der Waals surface area contributed by atoms with Crippen LogP contribution in [0.5, 0.6) is 0 Å². The number of aromatic nitrogens is 4. The lowest BCUT2D eigenvalue weighted by molar-refractivity contribution is 0.270. The average Bonchev–Trinajstić information content (AvgIpc) is 3.07. The summed E-state index contributed by atoms with van der Waals surface area (Å²) in [6.45, 7) is 0. The Bertz CT molecular complexity index is 572. The van der Waals surface area contributed by atoms with Crippen LogP contribution in [0, 0.1) is 5.92 Å². The topological polar surface area (TPSA) is 76.7 Å². The molecule has 2 aliphatic heterocycles. The molecule has 0 aromatic carbocycles. The first-order valence-corrected chi connectivity index (χ1v) is 7.22. The van der Waals surface area contributed by atoms with Crippen molar-refractivity contribution in [1.29, 1.82) is 0 Å². The van der Waals surface area contributed by atoms with E-state index in [1.807, 2.05) is 0 Å². The van der Waals surface area contributed by atoms with Crippen molar-refractivity contribution in [2.24, 2.45) is 5.92 Å². The van der Waals surface area contributed by atoms with Crippen LogP contribution in [0.4, 0.5) is 0 Å². The first-order chi connectivity index (χ1) is 9.87. The number of rotatable bonds is 3. The maximum absolute atomic E-state index is 5.37. The van der Waals surface area contributed by atoms with Crippen LogP contribution in [0.25, 0.3) is 11.5 Å². The van der Waals surface area contributed by atoms with E-state index >= 15 is 0 Å². The highest BCUT2D eigenvalue weighted by atomic mass is 16.5. The van der Waals surface area contributed by atoms with Gasteiger partial charge in [-0.2, -0.15) is 4.98 Å². The first-order valence-electron chi connectivity index (χ1n) is 7.22. The molecule has 2 unspecified atom stereocenters. The van der Waals surface area contributed by atoms with Gasteiger partial charge < -0.3 is 9.84 Å². The molecule has 2 atom stereocenters. The quantitative estimate of drug-likeness (QED) is 0.913. The Kier molecular flexibility index (Phi) is 2.95. The molecule has 0 saturated carbocycles. The minimum atomic E-state index is 0.555. The number of hydrogen-bond donors (Lipinski definition) is 1. The van der Waals surface area contributed by atoms with Gasteiger partial charge in [0.1, 0.15) is 12.0 Å². The Hall–Kier alpha value is -1.82. The van der Waals surface area contributed by atoms with Gasteiger partial charge in [0.05, 0.1) is 0 Å². The largest absolute Gasteiger partial charge is 0.339 e. The Labute approximate surface area is 117 Å². The maximum atomic E-state index is 5.37. The Morgan fingerprint density at radius 1 is 1.25 bits per heavy atom. The molecule has 20 heavy (non-hydrogen) atoms. The van der Waals surface area contributed by atoms with Crippen molar-refractivity contribution >= 4 is 0 Å². The normalized spacial score (nSPS) is 28.7. The number of nitrogens with one attached hydrogen (secondary N) is 1. The molecular weight excluding hydrogens is 254 g/mol. The zero-order valence-electron chi connectivity index (χ0n) is 11.2. The number of hydrogen-bond acceptors (Lipinski definition) is 6. The van der Waals surface area contributed by atoms with Crippen LogP contribution < -0.4 is 5.32 Å². The fraction of sp³-hybridized carbons (Fsp3) is 0.571. The monoisotopic (exact) mass is 271 g/mol. The van der Waals surface area contributed by atoms with E-state index < -0.39 is 0 Å². The van der Waals surface area contributed by atoms with Crippen molar-refractivity contribution < 1.29 is 4.52 Å². The molecular formula is C14H17N5O. The summed E-state index contributed by atoms with van der Waals surface area (Å²) in [5.74, 6) is 1.94. The highest BCUT2D eigenvalue weighted by molar-refractivity contribution is 5.46. The smallest absolute Gasteiger partial charge is 0.227 e. The lowest BCUT2D eigenvalue weighted by Crippen LogP contribution is -2.38. The van der Waals surface area contributed by atoms with Crippen LogP contribution in [0.1, 0.15) is 31.6 Å². The van der Waals surface area contributed by atoms with Gasteiger partial charge in [-0.15, -0.1) is 0 Å². The summed E-state index contributed by atoms with van der Waals surface area (Å²) in [6.07, 6.45) is 9.14. The van der Waals surface area contributed by atoms with Crippen molar-refractivity contribution in [2.45, 2.75) is 44.2 Å². The second kappa shape index (κ2) is 4.94. The number of piperidine rings is 1. The standard InChI is InChI=1S/C14H17N5O/c1-2-11-6-9(5-10(1)17-11)7-13-18-14(19-20-13)12-3-4-15-8-16-12/h3-4,8-11,17H,1-2,5-7H2. The molecule has 1 N–H and O–H groups in total. The summed E-state index contributed by atoms with van der Waals surface area (Å²) in [4.78, 5) is 12.5. The van der Waals surface area contributed by atoms with E-state index in [0.717, 1.165) is 12.3 Å². The predicted molar refractivity (Wildman–Crippen MR) is 71.7 cm³/mol. The molecule has 0 amide bonds. The van der Waals surface area contributed by atoms with Crippen LogP contribution in [0.15, 0.2) is 23.1 Å². The molecule has 4 rings (SSSR count). The third-order valence-electron chi connectivity index (χ3n) is 4.31. The fourth-order valence-corrected chi connectivity index (χ4v) is 3.45. The van der Waals surface area contributed by atoms with Crippen LogP contribution in [0.3, 0.4) is 0 Å². The van der Waals surface area contributed by atoms with Gasteiger partial charge in [0.25, 0.3) is 0 Å². The van der Waals surface area contributed by atoms with Crippen molar-refractivity contribution in [3.05, 3.63) is 24.5 Å². The molecule has 2 aromatic rings. The molecule has 2 bridgehead atoms. The molecule has 6 nitrogen and oxygen atoms in total. The first kappa shape index (κ1) is 12.0. The van der Waals surface area contributed by atoms with Crippen LogP contribution >= 0.6 is 0 Å². The molecule has 0 radical (unpaired) electrons. The van der Waals surface area contributed by atoms with E-state index in [1.54, 1.807) is 12.3 Å². The minimum Gasteiger partial charge on any atom is -0.339 e. The minimum absolute atomic E-state index is 0.555. The third kappa shape index (κ3) is 2.31. The van der Waals surface area contributed by atoms with Crippen LogP contribution in [0.2, 0.25) is 0 Å². The summed E-state index contributed by atoms with van der Waals surface area (Å²) in [5.41, 5.74) is 0.709. The Morgan fingerprint density at radius 2 is 2.10 bits per heavy atom. The second-order valence-corrected chi connectivity index (χ2v) is 5.79. The number of nitrogens with zero attached hydrogens (tertiary/aromatic N) is 4. The van der Waals surface area contributed by atoms with Gasteiger partial charge in [-0.1, -0.05) is 5.16 Å². The zero-order chi connectivity index (χ0) is 13.4. The van der Waals surface area contributed by atoms with Crippen LogP contribution in [-0.2, 0) is 6.42 Å². The van der Waals surface area contributed by atoms with Gasteiger partial charge in [-0.3, -0.25) is 0 Å². The van der Waals surface area contributed by atoms with Gasteiger partial charge in [0, 0.05) is 24.7 Å². The molecule has 4 heterocycles. The van der Waals surface area contributed by atoms with Gasteiger partial charge in [-0.05, 0) is 37.7 Å². The van der Waals surface area contributed by atoms with E-state index in [0.29, 0.717) is 29.5 Å². The molecule has 6 heteroatoms. The molecule has 2 aromatic heterocycles. The predicted octanol–water partition coefficient (Wildman–Crippen LogP) is 1.60. The van der Waals surface area contributed by atoms with Gasteiger partial charge in [-0.25, -0.2) is 9.97 Å². The van der Waals surface area contributed by atoms with E-state index in [-0.39, 0.29) is 0 Å². The third-order valence-corrected chi connectivity index (χ3v) is 4.31. The summed E-state index contributed by atoms with van der Waals surface area (Å²) < 4.78 is 5.37. The van der Waals surface area contributed by atoms with Crippen molar-refractivity contribution in [3.8, 4) is 11.5 Å². The highest BCUT2D eigenvalue weighted by Crippen LogP contribution is 2.32. The average molecular weight is 271 g/mol. The SMILES string of the molecule is c1cc(-c2noc(CC3CC4CCC(C3)N4)n2)ncn1. The van der Waals surface area contributed by atoms with Crippen molar-refractivity contribution in [2.75, 3.05) is 0 Å². The molecule has 0 spiro atoms. The van der Waals surface area contributed by atoms with E-state index in [9.17, 15) is 0 Å². The summed E-state index contributed by atoms with van der Waals surface area (Å²) >= 11 is 0. The van der Waals surface area contributed by atoms with Gasteiger partial charge in [0.15, 0.2) is 0 Å². The fourth-order valence-electron chi connectivity index (χ4n) is 3.45. The zero-order valence-corrected chi connectivity index (χ0v) is 11.2. The Morgan fingerprint density at radius 3 is 2.85 bits per heavy atom. The van der Waals surface area contributed by atoms with Crippen LogP contribution in [-0.4, -0.2) is 32.2 Å². The van der Waals surface area contributed by atoms with E-state index in [1.165, 1.54) is 32.0 Å². The summed E-state index contributed by atoms with van der Waals surface area (Å²) in [7, 11) is 0. The van der Waals surface area contributed by atoms with Crippen molar-refractivity contribution in [3.63, 3.8) is 0 Å². The summed E-state index contributed by atoms with van der Waals surface area (Å²) in [5, 5.41) is 7.67. The summed E-state index contributed by atoms with van der Waals surface area (Å²) in [6, 6.07) is 3.19. The van der Waals surface area contributed by atoms with E-state index in [4.69, 9.17) is 4.52 Å². The second-order valence-electron chi connectivity index (χ2n) is 5.79. The molecule has 2 saturated heterocycles. The lowest BCUT2D eigenvalue weighted by Gasteiger charge is -2.27. The van der Waals surface area contributed by atoms with Gasteiger partial charge >= 0.3 is 0 Å². The lowest BCUT2D eigenvalue weighted by atomic mass is 9.90. The maximum Gasteiger partial charge on any atom is 0.227 e. The highest BCUT2D eigenvalue weighted by Gasteiger charge is 2.34. The van der Waals surface area contributed by atoms with E-state index in [2.05, 4.69) is 25.4 Å². The van der Waals surface area contributed by atoms with Gasteiger partial charge in [0.2, 0.25) is 11.7 Å². The Balaban J connectivity index is 1.46. The molecule has 0 aliphatic carbocycles. The molecule has 2 aliphatic rings. The molecule has 2 fully saturated rings. The molecule has 104 valence electrons. The van der Waals surface area contributed by atoms with Crippen molar-refractivity contribution in [1.82, 2.24) is 25.4 Å².